The standard InChI is InChI=1S/C12H16ClNO2/c1-9(2)16-11-5-3-10(4-6-11)7-8-14-12(13)15/h3-6,9H,7-8H2,1-2H3,(H,14,15). The van der Waals surface area contributed by atoms with Crippen LogP contribution in [0.1, 0.15) is 19.4 Å². The van der Waals surface area contributed by atoms with Crippen molar-refractivity contribution < 1.29 is 9.53 Å². The van der Waals surface area contributed by atoms with Crippen molar-refractivity contribution in [3.8, 4) is 5.75 Å². The van der Waals surface area contributed by atoms with Crippen LogP contribution in [0.15, 0.2) is 24.3 Å². The van der Waals surface area contributed by atoms with Crippen LogP contribution in [0.4, 0.5) is 4.79 Å². The number of carbonyl (C=O) groups excluding carboxylic acids is 1. The van der Waals surface area contributed by atoms with Gasteiger partial charge in [-0.15, -0.1) is 0 Å². The first-order chi connectivity index (χ1) is 7.58. The van der Waals surface area contributed by atoms with Gasteiger partial charge in [-0.05, 0) is 49.6 Å². The average Bonchev–Trinajstić information content (AvgIpc) is 2.19. The molecule has 0 aliphatic heterocycles. The Morgan fingerprint density at radius 3 is 2.50 bits per heavy atom. The predicted octanol–water partition coefficient (Wildman–Crippen LogP) is 2.96. The van der Waals surface area contributed by atoms with Crippen LogP contribution in [0.25, 0.3) is 0 Å². The van der Waals surface area contributed by atoms with E-state index in [4.69, 9.17) is 16.3 Å². The number of hydrogen-bond acceptors (Lipinski definition) is 2. The first kappa shape index (κ1) is 12.8. The molecule has 0 fully saturated rings. The molecule has 0 aliphatic rings. The van der Waals surface area contributed by atoms with Crippen molar-refractivity contribution in [1.29, 1.82) is 0 Å². The summed E-state index contributed by atoms with van der Waals surface area (Å²) in [6, 6.07) is 7.83. The van der Waals surface area contributed by atoms with Crippen LogP contribution in [-0.2, 0) is 6.42 Å². The maximum atomic E-state index is 10.4. The third-order valence-corrected chi connectivity index (χ3v) is 2.11. The summed E-state index contributed by atoms with van der Waals surface area (Å²) in [5.41, 5.74) is 1.14. The van der Waals surface area contributed by atoms with E-state index in [0.717, 1.165) is 17.7 Å². The van der Waals surface area contributed by atoms with E-state index < -0.39 is 5.37 Å². The number of ether oxygens (including phenoxy) is 1. The van der Waals surface area contributed by atoms with Crippen LogP contribution in [0.3, 0.4) is 0 Å². The number of nitrogens with one attached hydrogen (secondary N) is 1. The maximum Gasteiger partial charge on any atom is 0.313 e. The molecular weight excluding hydrogens is 226 g/mol. The molecule has 3 nitrogen and oxygen atoms in total. The Labute approximate surface area is 101 Å². The van der Waals surface area contributed by atoms with Gasteiger partial charge in [0, 0.05) is 6.54 Å². The second-order valence-electron chi connectivity index (χ2n) is 3.76. The second-order valence-corrected chi connectivity index (χ2v) is 4.10. The minimum Gasteiger partial charge on any atom is -0.491 e. The number of carbonyl (C=O) groups is 1. The molecule has 0 saturated carbocycles. The van der Waals surface area contributed by atoms with Gasteiger partial charge in [0.05, 0.1) is 6.10 Å². The minimum atomic E-state index is -0.514. The molecule has 0 spiro atoms. The number of halogens is 1. The molecule has 0 aromatic heterocycles. The Bertz CT molecular complexity index is 335. The average molecular weight is 242 g/mol. The highest BCUT2D eigenvalue weighted by molar-refractivity contribution is 6.62. The van der Waals surface area contributed by atoms with Crippen molar-refractivity contribution in [3.63, 3.8) is 0 Å². The molecule has 0 unspecified atom stereocenters. The molecular formula is C12H16ClNO2. The highest BCUT2D eigenvalue weighted by Crippen LogP contribution is 2.13. The lowest BCUT2D eigenvalue weighted by molar-refractivity contribution is 0.242. The molecule has 1 aromatic rings. The number of benzene rings is 1. The van der Waals surface area contributed by atoms with Gasteiger partial charge >= 0.3 is 5.37 Å². The normalized spacial score (nSPS) is 10.2. The largest absolute Gasteiger partial charge is 0.491 e. The van der Waals surface area contributed by atoms with Crippen molar-refractivity contribution in [1.82, 2.24) is 5.32 Å². The van der Waals surface area contributed by atoms with Crippen molar-refractivity contribution in [3.05, 3.63) is 29.8 Å². The van der Waals surface area contributed by atoms with E-state index >= 15 is 0 Å². The highest BCUT2D eigenvalue weighted by Gasteiger charge is 1.99. The minimum absolute atomic E-state index is 0.182. The van der Waals surface area contributed by atoms with Crippen LogP contribution >= 0.6 is 11.6 Å². The van der Waals surface area contributed by atoms with E-state index in [1.54, 1.807) is 0 Å². The molecule has 1 aromatic carbocycles. The van der Waals surface area contributed by atoms with Crippen LogP contribution < -0.4 is 10.1 Å². The van der Waals surface area contributed by atoms with E-state index in [9.17, 15) is 4.79 Å². The Morgan fingerprint density at radius 1 is 1.38 bits per heavy atom. The van der Waals surface area contributed by atoms with E-state index in [2.05, 4.69) is 5.32 Å². The third kappa shape index (κ3) is 5.03. The highest BCUT2D eigenvalue weighted by atomic mass is 35.5. The number of hydrogen-bond donors (Lipinski definition) is 1. The van der Waals surface area contributed by atoms with Gasteiger partial charge in [-0.1, -0.05) is 12.1 Å². The molecule has 0 atom stereocenters. The number of rotatable bonds is 5. The van der Waals surface area contributed by atoms with Gasteiger partial charge in [0.2, 0.25) is 0 Å². The van der Waals surface area contributed by atoms with Crippen molar-refractivity contribution in [2.24, 2.45) is 0 Å². The molecule has 4 heteroatoms. The Morgan fingerprint density at radius 2 is 2.00 bits per heavy atom. The third-order valence-electron chi connectivity index (χ3n) is 1.97. The summed E-state index contributed by atoms with van der Waals surface area (Å²) in [7, 11) is 0. The zero-order valence-electron chi connectivity index (χ0n) is 9.50. The van der Waals surface area contributed by atoms with E-state index in [1.807, 2.05) is 38.1 Å². The monoisotopic (exact) mass is 241 g/mol. The fourth-order valence-electron chi connectivity index (χ4n) is 1.31. The van der Waals surface area contributed by atoms with Crippen LogP contribution in [0, 0.1) is 0 Å². The molecule has 0 aliphatic carbocycles. The lowest BCUT2D eigenvalue weighted by atomic mass is 10.1. The summed E-state index contributed by atoms with van der Waals surface area (Å²) in [5.74, 6) is 0.861. The molecule has 1 N–H and O–H groups in total. The zero-order valence-corrected chi connectivity index (χ0v) is 10.3. The fraction of sp³-hybridized carbons (Fsp3) is 0.417. The molecule has 16 heavy (non-hydrogen) atoms. The SMILES string of the molecule is CC(C)Oc1ccc(CCNC(=O)Cl)cc1. The Balaban J connectivity index is 2.42. The molecule has 0 saturated heterocycles. The van der Waals surface area contributed by atoms with E-state index in [-0.39, 0.29) is 6.10 Å². The van der Waals surface area contributed by atoms with E-state index in [1.165, 1.54) is 0 Å². The summed E-state index contributed by atoms with van der Waals surface area (Å²) in [4.78, 5) is 10.4. The smallest absolute Gasteiger partial charge is 0.313 e. The maximum absolute atomic E-state index is 10.4. The van der Waals surface area contributed by atoms with Crippen LogP contribution in [-0.4, -0.2) is 18.0 Å². The lowest BCUT2D eigenvalue weighted by Crippen LogP contribution is -2.19. The van der Waals surface area contributed by atoms with Crippen molar-refractivity contribution >= 4 is 17.0 Å². The summed E-state index contributed by atoms with van der Waals surface area (Å²) >= 11 is 5.16. The van der Waals surface area contributed by atoms with Gasteiger partial charge in [0.25, 0.3) is 0 Å². The van der Waals surface area contributed by atoms with Gasteiger partial charge < -0.3 is 10.1 Å². The van der Waals surface area contributed by atoms with Gasteiger partial charge in [-0.3, -0.25) is 4.79 Å². The molecule has 1 amide bonds. The summed E-state index contributed by atoms with van der Waals surface area (Å²) in [5, 5.41) is 2.02. The van der Waals surface area contributed by atoms with E-state index in [0.29, 0.717) is 6.54 Å². The lowest BCUT2D eigenvalue weighted by Gasteiger charge is -2.10. The topological polar surface area (TPSA) is 38.3 Å². The second kappa shape index (κ2) is 6.38. The van der Waals surface area contributed by atoms with Crippen molar-refractivity contribution in [2.75, 3.05) is 6.54 Å². The summed E-state index contributed by atoms with van der Waals surface area (Å²) in [6.45, 7) is 4.53. The quantitative estimate of drug-likeness (QED) is 0.636. The van der Waals surface area contributed by atoms with Gasteiger partial charge in [0.1, 0.15) is 5.75 Å². The summed E-state index contributed by atoms with van der Waals surface area (Å²) in [6.07, 6.45) is 0.946. The summed E-state index contributed by atoms with van der Waals surface area (Å²) < 4.78 is 5.52. The Hall–Kier alpha value is -1.22. The zero-order chi connectivity index (χ0) is 12.0. The molecule has 0 bridgehead atoms. The predicted molar refractivity (Wildman–Crippen MR) is 65.2 cm³/mol. The van der Waals surface area contributed by atoms with Crippen LogP contribution in [0.5, 0.6) is 5.75 Å². The Kier molecular flexibility index (Phi) is 5.12. The van der Waals surface area contributed by atoms with Crippen LogP contribution in [0.2, 0.25) is 0 Å². The molecule has 88 valence electrons. The number of amides is 1. The first-order valence-corrected chi connectivity index (χ1v) is 5.64. The van der Waals surface area contributed by atoms with Gasteiger partial charge in [-0.25, -0.2) is 0 Å². The molecule has 1 rings (SSSR count). The van der Waals surface area contributed by atoms with Gasteiger partial charge in [0.15, 0.2) is 0 Å². The molecule has 0 radical (unpaired) electrons. The fourth-order valence-corrected chi connectivity index (χ4v) is 1.41. The van der Waals surface area contributed by atoms with Crippen molar-refractivity contribution in [2.45, 2.75) is 26.4 Å². The molecule has 0 heterocycles. The first-order valence-electron chi connectivity index (χ1n) is 5.27. The van der Waals surface area contributed by atoms with Gasteiger partial charge in [-0.2, -0.15) is 0 Å².